The summed E-state index contributed by atoms with van der Waals surface area (Å²) in [5.74, 6) is 0.0149. The quantitative estimate of drug-likeness (QED) is 0.936. The van der Waals surface area contributed by atoms with Crippen LogP contribution in [0.3, 0.4) is 0 Å². The van der Waals surface area contributed by atoms with Crippen LogP contribution in [0.4, 0.5) is 4.39 Å². The number of nitrogens with zero attached hydrogens (tertiary/aromatic N) is 1. The van der Waals surface area contributed by atoms with Gasteiger partial charge in [-0.2, -0.15) is 5.26 Å². The molecule has 1 N–H and O–H groups in total. The molecule has 2 aromatic rings. The SMILES string of the molecule is N#Cc1cccc(S(=O)(=O)N[C@H]2CCOc3ccc(F)cc32)c1. The molecule has 3 rings (SSSR count). The van der Waals surface area contributed by atoms with Crippen molar-refractivity contribution in [1.82, 2.24) is 4.72 Å². The smallest absolute Gasteiger partial charge is 0.241 e. The summed E-state index contributed by atoms with van der Waals surface area (Å²) < 4.78 is 46.5. The number of fused-ring (bicyclic) bond motifs is 1. The summed E-state index contributed by atoms with van der Waals surface area (Å²) in [6.07, 6.45) is 0.396. The fourth-order valence-corrected chi connectivity index (χ4v) is 3.77. The average Bonchev–Trinajstić information content (AvgIpc) is 2.55. The molecule has 118 valence electrons. The second-order valence-electron chi connectivity index (χ2n) is 5.13. The maximum atomic E-state index is 13.5. The summed E-state index contributed by atoms with van der Waals surface area (Å²) in [6.45, 7) is 0.337. The third-order valence-electron chi connectivity index (χ3n) is 3.58. The highest BCUT2D eigenvalue weighted by atomic mass is 32.2. The van der Waals surface area contributed by atoms with E-state index >= 15 is 0 Å². The van der Waals surface area contributed by atoms with E-state index in [1.165, 1.54) is 42.5 Å². The molecule has 0 aromatic heterocycles. The number of hydrogen-bond donors (Lipinski definition) is 1. The fraction of sp³-hybridized carbons (Fsp3) is 0.188. The Kier molecular flexibility index (Phi) is 4.03. The van der Waals surface area contributed by atoms with Gasteiger partial charge in [-0.3, -0.25) is 0 Å². The summed E-state index contributed by atoms with van der Waals surface area (Å²) >= 11 is 0. The molecule has 1 heterocycles. The molecule has 1 aliphatic rings. The molecular formula is C16H13FN2O3S. The van der Waals surface area contributed by atoms with Gasteiger partial charge in [0.1, 0.15) is 11.6 Å². The summed E-state index contributed by atoms with van der Waals surface area (Å²) in [4.78, 5) is 0.000921. The van der Waals surface area contributed by atoms with E-state index in [0.717, 1.165) is 0 Å². The Bertz CT molecular complexity index is 890. The van der Waals surface area contributed by atoms with Crippen LogP contribution in [0.5, 0.6) is 5.75 Å². The van der Waals surface area contributed by atoms with E-state index in [4.69, 9.17) is 10.00 Å². The predicted molar refractivity (Wildman–Crippen MR) is 80.7 cm³/mol. The van der Waals surface area contributed by atoms with Crippen molar-refractivity contribution >= 4 is 10.0 Å². The minimum Gasteiger partial charge on any atom is -0.493 e. The molecule has 1 aliphatic heterocycles. The number of nitriles is 1. The number of ether oxygens (including phenoxy) is 1. The standard InChI is InChI=1S/C16H13FN2O3S/c17-12-4-5-16-14(9-12)15(6-7-22-16)19-23(20,21)13-3-1-2-11(8-13)10-18/h1-5,8-9,15,19H,6-7H2/t15-/m0/s1. The van der Waals surface area contributed by atoms with Crippen molar-refractivity contribution in [3.63, 3.8) is 0 Å². The first-order chi connectivity index (χ1) is 11.0. The van der Waals surface area contributed by atoms with Crippen molar-refractivity contribution in [1.29, 1.82) is 5.26 Å². The lowest BCUT2D eigenvalue weighted by Gasteiger charge is -2.26. The molecule has 0 saturated heterocycles. The van der Waals surface area contributed by atoms with Gasteiger partial charge >= 0.3 is 0 Å². The van der Waals surface area contributed by atoms with Gasteiger partial charge in [-0.15, -0.1) is 0 Å². The number of nitrogens with one attached hydrogen (secondary N) is 1. The van der Waals surface area contributed by atoms with E-state index < -0.39 is 21.9 Å². The van der Waals surface area contributed by atoms with E-state index in [1.807, 2.05) is 6.07 Å². The first-order valence-electron chi connectivity index (χ1n) is 6.94. The van der Waals surface area contributed by atoms with E-state index in [-0.39, 0.29) is 10.5 Å². The highest BCUT2D eigenvalue weighted by Crippen LogP contribution is 2.33. The van der Waals surface area contributed by atoms with Crippen LogP contribution in [0, 0.1) is 17.1 Å². The number of rotatable bonds is 3. The molecular weight excluding hydrogens is 319 g/mol. The average molecular weight is 332 g/mol. The molecule has 0 bridgehead atoms. The lowest BCUT2D eigenvalue weighted by molar-refractivity contribution is 0.262. The molecule has 0 amide bonds. The Labute approximate surface area is 133 Å². The highest BCUT2D eigenvalue weighted by Gasteiger charge is 2.27. The van der Waals surface area contributed by atoms with Gasteiger partial charge in [-0.1, -0.05) is 6.07 Å². The zero-order valence-electron chi connectivity index (χ0n) is 12.0. The lowest BCUT2D eigenvalue weighted by Crippen LogP contribution is -2.32. The van der Waals surface area contributed by atoms with Crippen molar-refractivity contribution in [3.8, 4) is 11.8 Å². The molecule has 23 heavy (non-hydrogen) atoms. The Balaban J connectivity index is 1.93. The molecule has 0 fully saturated rings. The highest BCUT2D eigenvalue weighted by molar-refractivity contribution is 7.89. The van der Waals surface area contributed by atoms with E-state index in [2.05, 4.69) is 4.72 Å². The zero-order chi connectivity index (χ0) is 16.4. The Morgan fingerprint density at radius 2 is 2.09 bits per heavy atom. The second-order valence-corrected chi connectivity index (χ2v) is 6.85. The van der Waals surface area contributed by atoms with Gasteiger partial charge in [0, 0.05) is 12.0 Å². The van der Waals surface area contributed by atoms with Gasteiger partial charge < -0.3 is 4.74 Å². The zero-order valence-corrected chi connectivity index (χ0v) is 12.8. The molecule has 0 aliphatic carbocycles. The lowest BCUT2D eigenvalue weighted by atomic mass is 10.0. The summed E-state index contributed by atoms with van der Waals surface area (Å²) in [6, 6.07) is 11.1. The van der Waals surface area contributed by atoms with Crippen molar-refractivity contribution in [2.75, 3.05) is 6.61 Å². The minimum atomic E-state index is -3.83. The van der Waals surface area contributed by atoms with Gasteiger partial charge in [-0.05, 0) is 36.4 Å². The van der Waals surface area contributed by atoms with Gasteiger partial charge in [0.05, 0.1) is 29.2 Å². The van der Waals surface area contributed by atoms with Crippen LogP contribution in [0.15, 0.2) is 47.4 Å². The molecule has 2 aromatic carbocycles. The third kappa shape index (κ3) is 3.18. The molecule has 7 heteroatoms. The van der Waals surface area contributed by atoms with E-state index in [1.54, 1.807) is 0 Å². The molecule has 1 atom stereocenters. The monoisotopic (exact) mass is 332 g/mol. The molecule has 0 radical (unpaired) electrons. The van der Waals surface area contributed by atoms with Crippen molar-refractivity contribution in [2.45, 2.75) is 17.4 Å². The Morgan fingerprint density at radius 1 is 1.26 bits per heavy atom. The van der Waals surface area contributed by atoms with Crippen LogP contribution in [-0.4, -0.2) is 15.0 Å². The van der Waals surface area contributed by atoms with Gasteiger partial charge in [0.25, 0.3) is 0 Å². The number of sulfonamides is 1. The van der Waals surface area contributed by atoms with Crippen molar-refractivity contribution in [3.05, 3.63) is 59.4 Å². The van der Waals surface area contributed by atoms with Crippen LogP contribution in [-0.2, 0) is 10.0 Å². The number of benzene rings is 2. The predicted octanol–water partition coefficient (Wildman–Crippen LogP) is 2.50. The topological polar surface area (TPSA) is 79.2 Å². The van der Waals surface area contributed by atoms with Crippen LogP contribution >= 0.6 is 0 Å². The van der Waals surface area contributed by atoms with Crippen LogP contribution in [0.2, 0.25) is 0 Å². The minimum absolute atomic E-state index is 0.000921. The van der Waals surface area contributed by atoms with E-state index in [9.17, 15) is 12.8 Å². The van der Waals surface area contributed by atoms with Gasteiger partial charge in [0.2, 0.25) is 10.0 Å². The molecule has 0 unspecified atom stereocenters. The Hall–Kier alpha value is -2.43. The van der Waals surface area contributed by atoms with Crippen LogP contribution < -0.4 is 9.46 Å². The second kappa shape index (κ2) is 5.99. The Morgan fingerprint density at radius 3 is 2.87 bits per heavy atom. The van der Waals surface area contributed by atoms with Gasteiger partial charge in [0.15, 0.2) is 0 Å². The summed E-state index contributed by atoms with van der Waals surface area (Å²) in [5.41, 5.74) is 0.725. The largest absolute Gasteiger partial charge is 0.493 e. The third-order valence-corrected chi connectivity index (χ3v) is 5.05. The maximum absolute atomic E-state index is 13.5. The normalized spacial score (nSPS) is 17.0. The van der Waals surface area contributed by atoms with Crippen LogP contribution in [0.25, 0.3) is 0 Å². The number of halogens is 1. The van der Waals surface area contributed by atoms with E-state index in [0.29, 0.717) is 24.3 Å². The first kappa shape index (κ1) is 15.5. The molecule has 0 spiro atoms. The van der Waals surface area contributed by atoms with Crippen LogP contribution in [0.1, 0.15) is 23.6 Å². The summed E-state index contributed by atoms with van der Waals surface area (Å²) in [7, 11) is -3.83. The number of hydrogen-bond acceptors (Lipinski definition) is 4. The van der Waals surface area contributed by atoms with Crippen molar-refractivity contribution in [2.24, 2.45) is 0 Å². The molecule has 5 nitrogen and oxygen atoms in total. The first-order valence-corrected chi connectivity index (χ1v) is 8.43. The summed E-state index contributed by atoms with van der Waals surface area (Å²) in [5, 5.41) is 8.89. The van der Waals surface area contributed by atoms with Crippen molar-refractivity contribution < 1.29 is 17.5 Å². The fourth-order valence-electron chi connectivity index (χ4n) is 2.48. The maximum Gasteiger partial charge on any atom is 0.241 e. The van der Waals surface area contributed by atoms with Gasteiger partial charge in [-0.25, -0.2) is 17.5 Å². The molecule has 0 saturated carbocycles.